The number of pyridine rings is 1. The minimum Gasteiger partial charge on any atom is -0.339 e. The minimum atomic E-state index is 0.714. The van der Waals surface area contributed by atoms with Gasteiger partial charge in [-0.1, -0.05) is 30.3 Å². The van der Waals surface area contributed by atoms with E-state index in [-0.39, 0.29) is 0 Å². The lowest BCUT2D eigenvalue weighted by atomic mass is 9.90. The van der Waals surface area contributed by atoms with Crippen molar-refractivity contribution in [1.82, 2.24) is 20.2 Å². The van der Waals surface area contributed by atoms with Crippen molar-refractivity contribution < 1.29 is 0 Å². The van der Waals surface area contributed by atoms with Crippen molar-refractivity contribution in [2.45, 2.75) is 25.7 Å². The highest BCUT2D eigenvalue weighted by Gasteiger charge is 2.12. The van der Waals surface area contributed by atoms with Gasteiger partial charge in [0.25, 0.3) is 0 Å². The Bertz CT molecular complexity index is 1430. The van der Waals surface area contributed by atoms with Crippen LogP contribution in [0, 0.1) is 0 Å². The van der Waals surface area contributed by atoms with Gasteiger partial charge in [-0.15, -0.1) is 21.5 Å². The van der Waals surface area contributed by atoms with Crippen LogP contribution in [0.3, 0.4) is 0 Å². The van der Waals surface area contributed by atoms with Gasteiger partial charge in [0.15, 0.2) is 5.82 Å². The number of fused-ring (bicyclic) bond motifs is 1. The molecule has 0 unspecified atom stereocenters. The maximum atomic E-state index is 4.77. The molecule has 34 heavy (non-hydrogen) atoms. The topological polar surface area (TPSA) is 63.6 Å². The van der Waals surface area contributed by atoms with Gasteiger partial charge in [0, 0.05) is 28.4 Å². The Kier molecular flexibility index (Phi) is 5.57. The summed E-state index contributed by atoms with van der Waals surface area (Å²) >= 11 is 1.60. The molecule has 5 nitrogen and oxygen atoms in total. The zero-order valence-electron chi connectivity index (χ0n) is 18.6. The van der Waals surface area contributed by atoms with E-state index in [9.17, 15) is 0 Å². The van der Waals surface area contributed by atoms with Crippen molar-refractivity contribution >= 4 is 22.8 Å². The number of rotatable bonds is 5. The minimum absolute atomic E-state index is 0.714. The van der Waals surface area contributed by atoms with Crippen LogP contribution in [0.15, 0.2) is 84.4 Å². The second-order valence-corrected chi connectivity index (χ2v) is 9.31. The lowest BCUT2D eigenvalue weighted by Crippen LogP contribution is -2.02. The standard InChI is InChI=1S/C28H23N5S/c1-2-7-20-16-22(12-11-19(20)6-1)24-13-14-27(33-32-24)30-23-9-5-8-21(17-23)26-18-34-28(31-26)25-10-3-4-15-29-25/h3-5,8-18H,1-2,6-7H2,(H,30,33). The summed E-state index contributed by atoms with van der Waals surface area (Å²) in [6.07, 6.45) is 6.71. The first-order chi connectivity index (χ1) is 16.8. The highest BCUT2D eigenvalue weighted by atomic mass is 32.1. The molecule has 0 bridgehead atoms. The number of aromatic nitrogens is 4. The molecule has 3 heterocycles. The van der Waals surface area contributed by atoms with Crippen LogP contribution in [0.5, 0.6) is 0 Å². The summed E-state index contributed by atoms with van der Waals surface area (Å²) in [7, 11) is 0. The molecular formula is C28H23N5S. The van der Waals surface area contributed by atoms with Crippen molar-refractivity contribution in [3.8, 4) is 33.2 Å². The maximum Gasteiger partial charge on any atom is 0.153 e. The van der Waals surface area contributed by atoms with Gasteiger partial charge in [-0.05, 0) is 79.3 Å². The molecule has 6 heteroatoms. The second-order valence-electron chi connectivity index (χ2n) is 8.45. The van der Waals surface area contributed by atoms with E-state index in [1.807, 2.05) is 42.5 Å². The van der Waals surface area contributed by atoms with Crippen LogP contribution in [0.4, 0.5) is 11.5 Å². The molecule has 1 aliphatic carbocycles. The van der Waals surface area contributed by atoms with E-state index in [1.54, 1.807) is 17.5 Å². The first kappa shape index (κ1) is 20.7. The summed E-state index contributed by atoms with van der Waals surface area (Å²) in [5, 5.41) is 15.3. The van der Waals surface area contributed by atoms with Crippen LogP contribution >= 0.6 is 11.3 Å². The molecule has 0 saturated carbocycles. The van der Waals surface area contributed by atoms with Crippen molar-refractivity contribution in [2.75, 3.05) is 5.32 Å². The number of nitrogens with zero attached hydrogens (tertiary/aromatic N) is 4. The highest BCUT2D eigenvalue weighted by Crippen LogP contribution is 2.30. The maximum absolute atomic E-state index is 4.77. The summed E-state index contributed by atoms with van der Waals surface area (Å²) in [5.74, 6) is 0.714. The van der Waals surface area contributed by atoms with Crippen molar-refractivity contribution in [3.63, 3.8) is 0 Å². The van der Waals surface area contributed by atoms with Gasteiger partial charge < -0.3 is 5.32 Å². The Morgan fingerprint density at radius 1 is 0.706 bits per heavy atom. The quantitative estimate of drug-likeness (QED) is 0.307. The van der Waals surface area contributed by atoms with Gasteiger partial charge in [-0.25, -0.2) is 4.98 Å². The lowest BCUT2D eigenvalue weighted by molar-refractivity contribution is 0.686. The Labute approximate surface area is 202 Å². The monoisotopic (exact) mass is 461 g/mol. The van der Waals surface area contributed by atoms with Crippen LogP contribution in [0.1, 0.15) is 24.0 Å². The average molecular weight is 462 g/mol. The number of hydrogen-bond acceptors (Lipinski definition) is 6. The summed E-state index contributed by atoms with van der Waals surface area (Å²) in [6.45, 7) is 0. The number of benzene rings is 2. The van der Waals surface area contributed by atoms with Crippen molar-refractivity contribution in [3.05, 3.63) is 95.5 Å². The fourth-order valence-electron chi connectivity index (χ4n) is 4.36. The van der Waals surface area contributed by atoms with E-state index in [0.717, 1.165) is 45.3 Å². The van der Waals surface area contributed by atoms with Gasteiger partial charge in [0.2, 0.25) is 0 Å². The number of aryl methyl sites for hydroxylation is 2. The van der Waals surface area contributed by atoms with Gasteiger partial charge >= 0.3 is 0 Å². The molecule has 166 valence electrons. The predicted molar refractivity (Wildman–Crippen MR) is 138 cm³/mol. The van der Waals surface area contributed by atoms with Crippen LogP contribution in [-0.4, -0.2) is 20.2 Å². The SMILES string of the molecule is c1ccc(-c2nc(-c3cccc(Nc4ccc(-c5ccc6c(c5)CCCC6)nn4)c3)cs2)nc1. The first-order valence-corrected chi connectivity index (χ1v) is 12.4. The van der Waals surface area contributed by atoms with E-state index in [0.29, 0.717) is 5.82 Å². The van der Waals surface area contributed by atoms with Crippen LogP contribution in [0.2, 0.25) is 0 Å². The molecule has 0 radical (unpaired) electrons. The zero-order chi connectivity index (χ0) is 22.7. The van der Waals surface area contributed by atoms with Crippen LogP contribution in [0.25, 0.3) is 33.2 Å². The van der Waals surface area contributed by atoms with Gasteiger partial charge in [-0.3, -0.25) is 4.98 Å². The number of thiazole rings is 1. The van der Waals surface area contributed by atoms with Crippen LogP contribution < -0.4 is 5.32 Å². The van der Waals surface area contributed by atoms with E-state index in [4.69, 9.17) is 4.98 Å². The molecule has 6 rings (SSSR count). The number of anilines is 2. The average Bonchev–Trinajstić information content (AvgIpc) is 3.40. The first-order valence-electron chi connectivity index (χ1n) is 11.5. The van der Waals surface area contributed by atoms with E-state index in [1.165, 1.54) is 30.4 Å². The molecule has 0 fully saturated rings. The molecule has 0 amide bonds. The van der Waals surface area contributed by atoms with Crippen LogP contribution in [-0.2, 0) is 12.8 Å². The third kappa shape index (κ3) is 4.32. The molecule has 2 aromatic carbocycles. The summed E-state index contributed by atoms with van der Waals surface area (Å²) < 4.78 is 0. The van der Waals surface area contributed by atoms with Gasteiger partial charge in [-0.2, -0.15) is 0 Å². The van der Waals surface area contributed by atoms with Gasteiger partial charge in [0.05, 0.1) is 17.1 Å². The van der Waals surface area contributed by atoms with E-state index >= 15 is 0 Å². The molecule has 1 N–H and O–H groups in total. The summed E-state index contributed by atoms with van der Waals surface area (Å²) in [6, 6.07) is 24.8. The highest BCUT2D eigenvalue weighted by molar-refractivity contribution is 7.13. The lowest BCUT2D eigenvalue weighted by Gasteiger charge is -2.16. The number of hydrogen-bond donors (Lipinski definition) is 1. The van der Waals surface area contributed by atoms with Gasteiger partial charge in [0.1, 0.15) is 5.01 Å². The fraction of sp³-hybridized carbons (Fsp3) is 0.143. The third-order valence-electron chi connectivity index (χ3n) is 6.13. The van der Waals surface area contributed by atoms with Crippen molar-refractivity contribution in [2.24, 2.45) is 0 Å². The third-order valence-corrected chi connectivity index (χ3v) is 6.99. The molecule has 0 aliphatic heterocycles. The Hall–Kier alpha value is -3.90. The van der Waals surface area contributed by atoms with E-state index in [2.05, 4.69) is 56.2 Å². The zero-order valence-corrected chi connectivity index (χ0v) is 19.4. The molecule has 3 aromatic heterocycles. The van der Waals surface area contributed by atoms with Crippen molar-refractivity contribution in [1.29, 1.82) is 0 Å². The Balaban J connectivity index is 1.19. The molecule has 5 aromatic rings. The normalized spacial score (nSPS) is 12.8. The molecule has 0 spiro atoms. The van der Waals surface area contributed by atoms with E-state index < -0.39 is 0 Å². The molecule has 1 aliphatic rings. The fourth-order valence-corrected chi connectivity index (χ4v) is 5.17. The Morgan fingerprint density at radius 3 is 2.47 bits per heavy atom. The molecule has 0 saturated heterocycles. The number of nitrogens with one attached hydrogen (secondary N) is 1. The Morgan fingerprint density at radius 2 is 1.62 bits per heavy atom. The predicted octanol–water partition coefficient (Wildman–Crippen LogP) is 6.95. The molecular weight excluding hydrogens is 438 g/mol. The largest absolute Gasteiger partial charge is 0.339 e. The second kappa shape index (κ2) is 9.15. The summed E-state index contributed by atoms with van der Waals surface area (Å²) in [4.78, 5) is 9.17. The smallest absolute Gasteiger partial charge is 0.153 e. The molecule has 0 atom stereocenters. The summed E-state index contributed by atoms with van der Waals surface area (Å²) in [5.41, 5.74) is 8.78.